The molecule has 0 N–H and O–H groups in total. The van der Waals surface area contributed by atoms with Crippen LogP contribution in [0.3, 0.4) is 0 Å². The van der Waals surface area contributed by atoms with Gasteiger partial charge >= 0.3 is 0 Å². The van der Waals surface area contributed by atoms with Crippen LogP contribution in [-0.4, -0.2) is 20.2 Å². The third-order valence-electron chi connectivity index (χ3n) is 7.24. The number of allylic oxidation sites excluding steroid dienone is 2. The lowest BCUT2D eigenvalue weighted by molar-refractivity contribution is -0.139. The summed E-state index contributed by atoms with van der Waals surface area (Å²) in [5.74, 6) is 0.484. The maximum Gasteiger partial charge on any atom is 0.192 e. The van der Waals surface area contributed by atoms with Gasteiger partial charge in [0.1, 0.15) is 0 Å². The summed E-state index contributed by atoms with van der Waals surface area (Å²) in [5.41, 5.74) is 2.38. The van der Waals surface area contributed by atoms with Crippen LogP contribution in [0, 0.1) is 16.7 Å². The zero-order valence-electron chi connectivity index (χ0n) is 17.6. The third kappa shape index (κ3) is 3.31. The Morgan fingerprint density at radius 3 is 2.12 bits per heavy atom. The number of carbonyl (C=O) groups is 1. The molecule has 3 atom stereocenters. The van der Waals surface area contributed by atoms with Crippen molar-refractivity contribution in [3.05, 3.63) is 11.1 Å². The summed E-state index contributed by atoms with van der Waals surface area (Å²) < 4.78 is 6.95. The first-order chi connectivity index (χ1) is 10.6. The van der Waals surface area contributed by atoms with Crippen molar-refractivity contribution in [2.24, 2.45) is 16.7 Å². The molecular weight excluding hydrogens is 312 g/mol. The summed E-state index contributed by atoms with van der Waals surface area (Å²) in [5, 5.41) is 0.194. The van der Waals surface area contributed by atoms with E-state index < -0.39 is 8.32 Å². The van der Waals surface area contributed by atoms with E-state index in [9.17, 15) is 4.79 Å². The maximum atomic E-state index is 13.1. The SMILES string of the molecule is CC1=C(C)C(=O)[C@@H]2CC(C)(C)C[C@H](O[Si](C)(C)C(C)(C)C)[C@@]2(C)C1. The predicted molar refractivity (Wildman–Crippen MR) is 105 cm³/mol. The van der Waals surface area contributed by atoms with E-state index in [0.717, 1.165) is 24.8 Å². The fraction of sp³-hybridized carbons (Fsp3) is 0.857. The average molecular weight is 351 g/mol. The number of carbonyl (C=O) groups excluding carboxylic acids is 1. The number of rotatable bonds is 2. The standard InChI is InChI=1S/C21H38O2Si/c1-14-11-21(8)16(18(22)15(14)2)12-20(6,7)13-17(21)23-24(9,10)19(3,4)5/h16-17H,11-13H2,1-10H3/t16-,17-,21-/m0/s1. The fourth-order valence-electron chi connectivity index (χ4n) is 4.34. The van der Waals surface area contributed by atoms with Crippen molar-refractivity contribution in [1.29, 1.82) is 0 Å². The molecule has 0 radical (unpaired) electrons. The Morgan fingerprint density at radius 1 is 1.08 bits per heavy atom. The van der Waals surface area contributed by atoms with Crippen molar-refractivity contribution >= 4 is 14.1 Å². The van der Waals surface area contributed by atoms with Gasteiger partial charge in [0.2, 0.25) is 0 Å². The highest BCUT2D eigenvalue weighted by atomic mass is 28.4. The maximum absolute atomic E-state index is 13.1. The Bertz CT molecular complexity index is 565. The van der Waals surface area contributed by atoms with E-state index in [-0.39, 0.29) is 27.9 Å². The van der Waals surface area contributed by atoms with Crippen LogP contribution in [0.25, 0.3) is 0 Å². The second kappa shape index (κ2) is 5.80. The van der Waals surface area contributed by atoms with Gasteiger partial charge in [-0.3, -0.25) is 4.79 Å². The quantitative estimate of drug-likeness (QED) is 0.560. The van der Waals surface area contributed by atoms with Gasteiger partial charge in [-0.1, -0.05) is 47.1 Å². The third-order valence-corrected chi connectivity index (χ3v) is 11.7. The molecule has 0 aromatic rings. The molecule has 0 aliphatic heterocycles. The molecular formula is C21H38O2Si. The van der Waals surface area contributed by atoms with E-state index in [2.05, 4.69) is 61.6 Å². The van der Waals surface area contributed by atoms with Crippen LogP contribution in [0.2, 0.25) is 18.1 Å². The first kappa shape index (κ1) is 19.9. The molecule has 0 saturated heterocycles. The molecule has 0 heterocycles. The molecule has 1 saturated carbocycles. The lowest BCUT2D eigenvalue weighted by atomic mass is 9.52. The smallest absolute Gasteiger partial charge is 0.192 e. The number of ketones is 1. The molecule has 0 bridgehead atoms. The summed E-state index contributed by atoms with van der Waals surface area (Å²) in [6.45, 7) is 22.7. The summed E-state index contributed by atoms with van der Waals surface area (Å²) in [6.07, 6.45) is 3.24. The topological polar surface area (TPSA) is 26.3 Å². The second-order valence-electron chi connectivity index (χ2n) is 10.9. The Morgan fingerprint density at radius 2 is 1.62 bits per heavy atom. The normalized spacial score (nSPS) is 34.3. The minimum Gasteiger partial charge on any atom is -0.413 e. The minimum absolute atomic E-state index is 0.0499. The van der Waals surface area contributed by atoms with E-state index in [4.69, 9.17) is 4.43 Å². The van der Waals surface area contributed by atoms with Gasteiger partial charge < -0.3 is 4.43 Å². The molecule has 0 unspecified atom stereocenters. The molecule has 2 nitrogen and oxygen atoms in total. The van der Waals surface area contributed by atoms with E-state index in [1.165, 1.54) is 5.57 Å². The zero-order chi connectivity index (χ0) is 18.7. The molecule has 0 aromatic carbocycles. The summed E-state index contributed by atoms with van der Waals surface area (Å²) >= 11 is 0. The van der Waals surface area contributed by atoms with E-state index in [1.54, 1.807) is 0 Å². The van der Waals surface area contributed by atoms with Crippen LogP contribution >= 0.6 is 0 Å². The highest BCUT2D eigenvalue weighted by Gasteiger charge is 2.56. The van der Waals surface area contributed by atoms with Crippen LogP contribution in [0.4, 0.5) is 0 Å². The van der Waals surface area contributed by atoms with Gasteiger partial charge in [-0.2, -0.15) is 0 Å². The highest BCUT2D eigenvalue weighted by Crippen LogP contribution is 2.57. The molecule has 1 fully saturated rings. The Balaban J connectivity index is 2.45. The van der Waals surface area contributed by atoms with Gasteiger partial charge in [-0.15, -0.1) is 0 Å². The molecule has 0 amide bonds. The van der Waals surface area contributed by atoms with Crippen LogP contribution in [0.15, 0.2) is 11.1 Å². The van der Waals surface area contributed by atoms with Gasteiger partial charge in [0.05, 0.1) is 6.10 Å². The van der Waals surface area contributed by atoms with Crippen molar-refractivity contribution in [2.45, 2.75) is 98.9 Å². The molecule has 2 aliphatic carbocycles. The van der Waals surface area contributed by atoms with Gasteiger partial charge in [0.25, 0.3) is 0 Å². The van der Waals surface area contributed by atoms with E-state index >= 15 is 0 Å². The molecule has 0 spiro atoms. The van der Waals surface area contributed by atoms with Crippen molar-refractivity contribution in [1.82, 2.24) is 0 Å². The van der Waals surface area contributed by atoms with Crippen molar-refractivity contribution in [2.75, 3.05) is 0 Å². The molecule has 2 rings (SSSR count). The van der Waals surface area contributed by atoms with E-state index in [0.29, 0.717) is 5.78 Å². The predicted octanol–water partition coefficient (Wildman–Crippen LogP) is 6.13. The van der Waals surface area contributed by atoms with Crippen LogP contribution in [0.1, 0.15) is 74.7 Å². The molecule has 2 aliphatic rings. The minimum atomic E-state index is -1.87. The average Bonchev–Trinajstić information content (AvgIpc) is 2.37. The fourth-order valence-corrected chi connectivity index (χ4v) is 5.76. The van der Waals surface area contributed by atoms with Crippen LogP contribution in [0.5, 0.6) is 0 Å². The van der Waals surface area contributed by atoms with Gasteiger partial charge in [-0.25, -0.2) is 0 Å². The lowest BCUT2D eigenvalue weighted by Gasteiger charge is -2.56. The van der Waals surface area contributed by atoms with Crippen molar-refractivity contribution in [3.8, 4) is 0 Å². The molecule has 138 valence electrons. The number of hydrogen-bond donors (Lipinski definition) is 0. The Hall–Kier alpha value is -0.413. The number of Topliss-reactive ketones (excluding diaryl/α,β-unsaturated/α-hetero) is 1. The number of hydrogen-bond acceptors (Lipinski definition) is 2. The van der Waals surface area contributed by atoms with Gasteiger partial charge in [0.15, 0.2) is 14.1 Å². The van der Waals surface area contributed by atoms with E-state index in [1.807, 2.05) is 6.92 Å². The molecule has 3 heteroatoms. The Kier molecular flexibility index (Phi) is 4.81. The summed E-state index contributed by atoms with van der Waals surface area (Å²) in [4.78, 5) is 13.1. The first-order valence-corrected chi connectivity index (χ1v) is 12.4. The van der Waals surface area contributed by atoms with Crippen molar-refractivity contribution < 1.29 is 9.22 Å². The van der Waals surface area contributed by atoms with Gasteiger partial charge in [0, 0.05) is 11.3 Å². The molecule has 0 aromatic heterocycles. The second-order valence-corrected chi connectivity index (χ2v) is 15.7. The molecule has 24 heavy (non-hydrogen) atoms. The van der Waals surface area contributed by atoms with Crippen molar-refractivity contribution in [3.63, 3.8) is 0 Å². The van der Waals surface area contributed by atoms with Crippen LogP contribution in [-0.2, 0) is 9.22 Å². The highest BCUT2D eigenvalue weighted by molar-refractivity contribution is 6.74. The summed E-state index contributed by atoms with van der Waals surface area (Å²) in [7, 11) is -1.87. The monoisotopic (exact) mass is 350 g/mol. The van der Waals surface area contributed by atoms with Gasteiger partial charge in [-0.05, 0) is 62.2 Å². The zero-order valence-corrected chi connectivity index (χ0v) is 18.6. The largest absolute Gasteiger partial charge is 0.413 e. The lowest BCUT2D eigenvalue weighted by Crippen LogP contribution is -2.57. The first-order valence-electron chi connectivity index (χ1n) is 9.49. The summed E-state index contributed by atoms with van der Waals surface area (Å²) in [6, 6.07) is 0. The number of fused-ring (bicyclic) bond motifs is 1. The Labute approximate surface area is 150 Å². The van der Waals surface area contributed by atoms with Crippen LogP contribution < -0.4 is 0 Å².